The SMILES string of the molecule is C=C(/C=C/CN(C)C)N1CCN2c3cc4c(NCC)ncnc4cc3OCC2C1.CC. The number of hydrogen-bond acceptors (Lipinski definition) is 7. The highest BCUT2D eigenvalue weighted by atomic mass is 16.5. The number of fused-ring (bicyclic) bond motifs is 4. The smallest absolute Gasteiger partial charge is 0.144 e. The highest BCUT2D eigenvalue weighted by Gasteiger charge is 2.33. The summed E-state index contributed by atoms with van der Waals surface area (Å²) in [6, 6.07) is 4.52. The van der Waals surface area contributed by atoms with Crippen LogP contribution in [0, 0.1) is 0 Å². The molecule has 1 N–H and O–H groups in total. The van der Waals surface area contributed by atoms with E-state index in [0.29, 0.717) is 12.6 Å². The van der Waals surface area contributed by atoms with Crippen molar-refractivity contribution in [3.8, 4) is 5.75 Å². The molecular formula is C24H36N6O. The predicted molar refractivity (Wildman–Crippen MR) is 130 cm³/mol. The first-order valence-corrected chi connectivity index (χ1v) is 11.2. The summed E-state index contributed by atoms with van der Waals surface area (Å²) < 4.78 is 6.14. The van der Waals surface area contributed by atoms with Crippen molar-refractivity contribution in [1.29, 1.82) is 0 Å². The third kappa shape index (κ3) is 5.10. The van der Waals surface area contributed by atoms with Gasteiger partial charge in [-0.2, -0.15) is 0 Å². The van der Waals surface area contributed by atoms with Crippen molar-refractivity contribution >= 4 is 22.4 Å². The fourth-order valence-electron chi connectivity index (χ4n) is 3.99. The molecule has 1 saturated heterocycles. The Hall–Kier alpha value is -2.80. The van der Waals surface area contributed by atoms with Gasteiger partial charge in [-0.05, 0) is 33.2 Å². The Balaban J connectivity index is 0.00000132. The lowest BCUT2D eigenvalue weighted by molar-refractivity contribution is 0.196. The highest BCUT2D eigenvalue weighted by molar-refractivity contribution is 5.94. The van der Waals surface area contributed by atoms with Crippen LogP contribution in [0.2, 0.25) is 0 Å². The standard InChI is InChI=1S/C22H30N6O.C2H6/c1-5-23-22-18-11-20-21(12-19(18)24-15-25-22)29-14-17-13-27(9-10-28(17)20)16(2)7-6-8-26(3)4;1-2/h6-7,11-12,15,17H,2,5,8-10,13-14H2,1,3-4H3,(H,23,24,25);1-2H3/b7-6+;. The van der Waals surface area contributed by atoms with E-state index < -0.39 is 0 Å². The maximum absolute atomic E-state index is 6.14. The molecular weight excluding hydrogens is 388 g/mol. The summed E-state index contributed by atoms with van der Waals surface area (Å²) in [5, 5.41) is 4.38. The Morgan fingerprint density at radius 1 is 1.29 bits per heavy atom. The number of ether oxygens (including phenoxy) is 1. The van der Waals surface area contributed by atoms with Crippen molar-refractivity contribution in [1.82, 2.24) is 19.8 Å². The third-order valence-corrected chi connectivity index (χ3v) is 5.47. The Labute approximate surface area is 186 Å². The molecule has 2 aromatic rings. The molecule has 0 spiro atoms. The average Bonchev–Trinajstić information content (AvgIpc) is 2.79. The van der Waals surface area contributed by atoms with E-state index in [9.17, 15) is 0 Å². The molecule has 7 heteroatoms. The Morgan fingerprint density at radius 2 is 2.10 bits per heavy atom. The Morgan fingerprint density at radius 3 is 2.84 bits per heavy atom. The number of hydrogen-bond donors (Lipinski definition) is 1. The van der Waals surface area contributed by atoms with Gasteiger partial charge in [-0.15, -0.1) is 0 Å². The molecule has 0 saturated carbocycles. The Kier molecular flexibility index (Phi) is 7.74. The summed E-state index contributed by atoms with van der Waals surface area (Å²) in [6.07, 6.45) is 5.89. The minimum Gasteiger partial charge on any atom is -0.489 e. The zero-order chi connectivity index (χ0) is 22.4. The van der Waals surface area contributed by atoms with Gasteiger partial charge in [-0.1, -0.05) is 26.5 Å². The first kappa shape index (κ1) is 22.9. The van der Waals surface area contributed by atoms with Gasteiger partial charge in [0.05, 0.1) is 17.2 Å². The number of likely N-dealkylation sites (N-methyl/N-ethyl adjacent to an activating group) is 1. The van der Waals surface area contributed by atoms with Crippen molar-refractivity contribution in [3.63, 3.8) is 0 Å². The van der Waals surface area contributed by atoms with Gasteiger partial charge in [0.1, 0.15) is 24.5 Å². The number of aromatic nitrogens is 2. The molecule has 31 heavy (non-hydrogen) atoms. The Bertz CT molecular complexity index is 926. The molecule has 168 valence electrons. The maximum Gasteiger partial charge on any atom is 0.144 e. The van der Waals surface area contributed by atoms with E-state index in [4.69, 9.17) is 4.74 Å². The maximum atomic E-state index is 6.14. The quantitative estimate of drug-likeness (QED) is 0.711. The lowest BCUT2D eigenvalue weighted by Gasteiger charge is -2.46. The van der Waals surface area contributed by atoms with E-state index in [1.807, 2.05) is 19.9 Å². The summed E-state index contributed by atoms with van der Waals surface area (Å²) >= 11 is 0. The zero-order valence-corrected chi connectivity index (χ0v) is 19.6. The molecule has 2 aliphatic heterocycles. The van der Waals surface area contributed by atoms with Crippen LogP contribution in [0.15, 0.2) is 42.9 Å². The van der Waals surface area contributed by atoms with E-state index in [-0.39, 0.29) is 0 Å². The van der Waals surface area contributed by atoms with Crippen LogP contribution in [0.5, 0.6) is 5.75 Å². The molecule has 3 heterocycles. The zero-order valence-electron chi connectivity index (χ0n) is 19.6. The molecule has 0 aliphatic carbocycles. The molecule has 1 fully saturated rings. The minimum atomic E-state index is 0.305. The van der Waals surface area contributed by atoms with Crippen LogP contribution < -0.4 is 15.0 Å². The average molecular weight is 425 g/mol. The summed E-state index contributed by atoms with van der Waals surface area (Å²) in [4.78, 5) is 15.8. The van der Waals surface area contributed by atoms with Crippen LogP contribution in [-0.4, -0.2) is 79.2 Å². The van der Waals surface area contributed by atoms with Crippen molar-refractivity contribution in [2.45, 2.75) is 26.8 Å². The van der Waals surface area contributed by atoms with E-state index in [2.05, 4.69) is 75.8 Å². The van der Waals surface area contributed by atoms with Gasteiger partial charge in [0.2, 0.25) is 0 Å². The van der Waals surface area contributed by atoms with Crippen LogP contribution >= 0.6 is 0 Å². The number of allylic oxidation sites excluding steroid dienone is 1. The molecule has 1 aromatic heterocycles. The van der Waals surface area contributed by atoms with Crippen molar-refractivity contribution in [2.24, 2.45) is 0 Å². The van der Waals surface area contributed by atoms with Crippen LogP contribution in [0.1, 0.15) is 20.8 Å². The molecule has 0 amide bonds. The van der Waals surface area contributed by atoms with E-state index in [1.54, 1.807) is 6.33 Å². The van der Waals surface area contributed by atoms with Gasteiger partial charge in [0.15, 0.2) is 0 Å². The molecule has 4 rings (SSSR count). The summed E-state index contributed by atoms with van der Waals surface area (Å²) in [5.41, 5.74) is 3.11. The topological polar surface area (TPSA) is 56.8 Å². The fraction of sp³-hybridized carbons (Fsp3) is 0.500. The monoisotopic (exact) mass is 424 g/mol. The van der Waals surface area contributed by atoms with Crippen LogP contribution in [0.4, 0.5) is 11.5 Å². The van der Waals surface area contributed by atoms with Crippen LogP contribution in [-0.2, 0) is 0 Å². The highest BCUT2D eigenvalue weighted by Crippen LogP contribution is 2.39. The molecule has 0 radical (unpaired) electrons. The molecule has 1 unspecified atom stereocenters. The van der Waals surface area contributed by atoms with Gasteiger partial charge < -0.3 is 24.8 Å². The third-order valence-electron chi connectivity index (χ3n) is 5.47. The molecule has 1 atom stereocenters. The summed E-state index contributed by atoms with van der Waals surface area (Å²) in [6.45, 7) is 15.6. The van der Waals surface area contributed by atoms with E-state index in [1.165, 1.54) is 0 Å². The fourth-order valence-corrected chi connectivity index (χ4v) is 3.99. The van der Waals surface area contributed by atoms with Crippen molar-refractivity contribution < 1.29 is 4.74 Å². The van der Waals surface area contributed by atoms with Crippen LogP contribution in [0.3, 0.4) is 0 Å². The van der Waals surface area contributed by atoms with Gasteiger partial charge in [0.25, 0.3) is 0 Å². The van der Waals surface area contributed by atoms with Crippen LogP contribution in [0.25, 0.3) is 10.9 Å². The van der Waals surface area contributed by atoms with E-state index in [0.717, 1.165) is 66.6 Å². The molecule has 2 aliphatic rings. The predicted octanol–water partition coefficient (Wildman–Crippen LogP) is 3.60. The number of nitrogens with one attached hydrogen (secondary N) is 1. The summed E-state index contributed by atoms with van der Waals surface area (Å²) in [5.74, 6) is 1.79. The molecule has 1 aromatic carbocycles. The number of rotatable bonds is 6. The normalized spacial score (nSPS) is 17.7. The second kappa shape index (κ2) is 10.5. The lowest BCUT2D eigenvalue weighted by Crippen LogP contribution is -2.56. The molecule has 7 nitrogen and oxygen atoms in total. The van der Waals surface area contributed by atoms with Crippen molar-refractivity contribution in [3.05, 3.63) is 42.9 Å². The largest absolute Gasteiger partial charge is 0.489 e. The number of piperazine rings is 1. The molecule has 0 bridgehead atoms. The number of nitrogens with zero attached hydrogens (tertiary/aromatic N) is 5. The van der Waals surface area contributed by atoms with Crippen molar-refractivity contribution in [2.75, 3.05) is 63.6 Å². The summed E-state index contributed by atoms with van der Waals surface area (Å²) in [7, 11) is 4.14. The first-order chi connectivity index (χ1) is 15.1. The second-order valence-electron chi connectivity index (χ2n) is 7.85. The minimum absolute atomic E-state index is 0.305. The van der Waals surface area contributed by atoms with E-state index >= 15 is 0 Å². The van der Waals surface area contributed by atoms with Gasteiger partial charge >= 0.3 is 0 Å². The lowest BCUT2D eigenvalue weighted by atomic mass is 10.1. The number of benzene rings is 1. The van der Waals surface area contributed by atoms with Gasteiger partial charge in [0, 0.05) is 49.9 Å². The van der Waals surface area contributed by atoms with Gasteiger partial charge in [-0.25, -0.2) is 9.97 Å². The van der Waals surface area contributed by atoms with Gasteiger partial charge in [-0.3, -0.25) is 0 Å². The number of anilines is 2. The second-order valence-corrected chi connectivity index (χ2v) is 7.85. The first-order valence-electron chi connectivity index (χ1n) is 11.2.